The maximum absolute atomic E-state index is 9.67. The normalized spacial score (nSPS) is 18.4. The summed E-state index contributed by atoms with van der Waals surface area (Å²) in [5, 5.41) is 13.1. The molecule has 0 aromatic carbocycles. The summed E-state index contributed by atoms with van der Waals surface area (Å²) < 4.78 is 0. The third-order valence-electron chi connectivity index (χ3n) is 3.72. The zero-order valence-electron chi connectivity index (χ0n) is 10.7. The molecule has 1 aliphatic carbocycles. The minimum atomic E-state index is -0.247. The molecule has 1 fully saturated rings. The Morgan fingerprint density at radius 1 is 1.28 bits per heavy atom. The molecule has 1 heterocycles. The zero-order valence-corrected chi connectivity index (χ0v) is 10.7. The van der Waals surface area contributed by atoms with E-state index in [9.17, 15) is 5.11 Å². The van der Waals surface area contributed by atoms with Crippen LogP contribution in [0.15, 0.2) is 6.33 Å². The first-order valence-corrected chi connectivity index (χ1v) is 6.38. The quantitative estimate of drug-likeness (QED) is 0.474. The van der Waals surface area contributed by atoms with Gasteiger partial charge in [0.2, 0.25) is 0 Å². The third-order valence-corrected chi connectivity index (χ3v) is 3.72. The molecule has 0 radical (unpaired) electrons. The molecule has 0 atom stereocenters. The average molecular weight is 251 g/mol. The summed E-state index contributed by atoms with van der Waals surface area (Å²) >= 11 is 0. The lowest BCUT2D eigenvalue weighted by Crippen LogP contribution is -2.44. The fourth-order valence-corrected chi connectivity index (χ4v) is 2.52. The van der Waals surface area contributed by atoms with Crippen molar-refractivity contribution in [3.63, 3.8) is 0 Å². The van der Waals surface area contributed by atoms with Crippen molar-refractivity contribution in [2.45, 2.75) is 44.6 Å². The lowest BCUT2D eigenvalue weighted by atomic mass is 9.82. The highest BCUT2D eigenvalue weighted by atomic mass is 16.3. The molecule has 1 saturated carbocycles. The number of nitrogens with one attached hydrogen (secondary N) is 2. The second-order valence-corrected chi connectivity index (χ2v) is 4.96. The van der Waals surface area contributed by atoms with Crippen LogP contribution in [-0.4, -0.2) is 27.2 Å². The van der Waals surface area contributed by atoms with E-state index < -0.39 is 0 Å². The number of nitrogens with zero attached hydrogens (tertiary/aromatic N) is 2. The van der Waals surface area contributed by atoms with Crippen molar-refractivity contribution in [2.75, 3.05) is 17.3 Å². The van der Waals surface area contributed by atoms with Crippen molar-refractivity contribution in [3.05, 3.63) is 11.9 Å². The lowest BCUT2D eigenvalue weighted by molar-refractivity contribution is 0.172. The number of hydrogen-bond acceptors (Lipinski definition) is 6. The zero-order chi connectivity index (χ0) is 13.0. The lowest BCUT2D eigenvalue weighted by Gasteiger charge is -2.37. The number of hydrazine groups is 1. The van der Waals surface area contributed by atoms with Crippen molar-refractivity contribution >= 4 is 11.6 Å². The topological polar surface area (TPSA) is 96.1 Å². The largest absolute Gasteiger partial charge is 0.394 e. The molecule has 0 aliphatic heterocycles. The molecule has 6 heteroatoms. The van der Waals surface area contributed by atoms with Crippen LogP contribution < -0.4 is 16.6 Å². The Labute approximate surface area is 107 Å². The van der Waals surface area contributed by atoms with Crippen LogP contribution in [0.4, 0.5) is 11.6 Å². The average Bonchev–Trinajstić information content (AvgIpc) is 2.42. The Morgan fingerprint density at radius 2 is 1.94 bits per heavy atom. The van der Waals surface area contributed by atoms with Gasteiger partial charge in [0.25, 0.3) is 0 Å². The van der Waals surface area contributed by atoms with Crippen molar-refractivity contribution in [2.24, 2.45) is 5.84 Å². The molecule has 0 amide bonds. The van der Waals surface area contributed by atoms with E-state index >= 15 is 0 Å². The number of aliphatic hydroxyl groups is 1. The number of nitrogen functional groups attached to an aromatic ring is 1. The maximum atomic E-state index is 9.67. The summed E-state index contributed by atoms with van der Waals surface area (Å²) in [6, 6.07) is 0. The van der Waals surface area contributed by atoms with Crippen LogP contribution >= 0.6 is 0 Å². The molecule has 18 heavy (non-hydrogen) atoms. The van der Waals surface area contributed by atoms with E-state index in [0.29, 0.717) is 5.82 Å². The van der Waals surface area contributed by atoms with E-state index in [1.807, 2.05) is 6.92 Å². The second kappa shape index (κ2) is 5.49. The van der Waals surface area contributed by atoms with Crippen LogP contribution in [0.3, 0.4) is 0 Å². The highest BCUT2D eigenvalue weighted by molar-refractivity contribution is 5.56. The Hall–Kier alpha value is -1.40. The molecule has 0 bridgehead atoms. The summed E-state index contributed by atoms with van der Waals surface area (Å²) in [5.41, 5.74) is 3.18. The predicted molar refractivity (Wildman–Crippen MR) is 71.1 cm³/mol. The number of anilines is 2. The number of rotatable bonds is 4. The highest BCUT2D eigenvalue weighted by Gasteiger charge is 2.32. The number of hydrogen-bond donors (Lipinski definition) is 4. The van der Waals surface area contributed by atoms with E-state index in [-0.39, 0.29) is 12.1 Å². The SMILES string of the molecule is Cc1c(NN)ncnc1NC1(CO)CCCCC1. The molecule has 0 unspecified atom stereocenters. The van der Waals surface area contributed by atoms with Crippen molar-refractivity contribution in [1.82, 2.24) is 9.97 Å². The van der Waals surface area contributed by atoms with E-state index in [1.54, 1.807) is 0 Å². The minimum absolute atomic E-state index is 0.127. The van der Waals surface area contributed by atoms with Gasteiger partial charge >= 0.3 is 0 Å². The van der Waals surface area contributed by atoms with Gasteiger partial charge in [-0.2, -0.15) is 0 Å². The van der Waals surface area contributed by atoms with Gasteiger partial charge in [0.05, 0.1) is 12.1 Å². The fourth-order valence-electron chi connectivity index (χ4n) is 2.52. The Morgan fingerprint density at radius 3 is 2.56 bits per heavy atom. The number of aromatic nitrogens is 2. The van der Waals surface area contributed by atoms with E-state index in [1.165, 1.54) is 12.7 Å². The van der Waals surface area contributed by atoms with Gasteiger partial charge in [0, 0.05) is 5.56 Å². The number of nitrogens with two attached hydrogens (primary N) is 1. The fraction of sp³-hybridized carbons (Fsp3) is 0.667. The van der Waals surface area contributed by atoms with Crippen molar-refractivity contribution < 1.29 is 5.11 Å². The first kappa shape index (κ1) is 13.0. The molecule has 5 N–H and O–H groups in total. The van der Waals surface area contributed by atoms with Gasteiger partial charge in [-0.1, -0.05) is 19.3 Å². The first-order valence-electron chi connectivity index (χ1n) is 6.38. The monoisotopic (exact) mass is 251 g/mol. The molecule has 1 aromatic rings. The van der Waals surface area contributed by atoms with E-state index in [4.69, 9.17) is 5.84 Å². The van der Waals surface area contributed by atoms with Crippen LogP contribution in [0.5, 0.6) is 0 Å². The highest BCUT2D eigenvalue weighted by Crippen LogP contribution is 2.32. The van der Waals surface area contributed by atoms with Gasteiger partial charge < -0.3 is 15.8 Å². The molecule has 1 aliphatic rings. The third kappa shape index (κ3) is 2.54. The predicted octanol–water partition coefficient (Wildman–Crippen LogP) is 1.18. The Bertz CT molecular complexity index is 403. The Balaban J connectivity index is 2.21. The summed E-state index contributed by atoms with van der Waals surface area (Å²) in [6.45, 7) is 2.03. The van der Waals surface area contributed by atoms with Gasteiger partial charge in [-0.05, 0) is 19.8 Å². The summed E-state index contributed by atoms with van der Waals surface area (Å²) in [5.74, 6) is 6.75. The molecule has 2 rings (SSSR count). The van der Waals surface area contributed by atoms with Gasteiger partial charge in [-0.25, -0.2) is 15.8 Å². The molecular weight excluding hydrogens is 230 g/mol. The molecule has 0 saturated heterocycles. The van der Waals surface area contributed by atoms with Crippen LogP contribution in [0.25, 0.3) is 0 Å². The van der Waals surface area contributed by atoms with Crippen molar-refractivity contribution in [3.8, 4) is 0 Å². The maximum Gasteiger partial charge on any atom is 0.148 e. The molecule has 0 spiro atoms. The van der Waals surface area contributed by atoms with Gasteiger partial charge in [-0.15, -0.1) is 0 Å². The minimum Gasteiger partial charge on any atom is -0.394 e. The van der Waals surface area contributed by atoms with Gasteiger partial charge in [0.15, 0.2) is 0 Å². The van der Waals surface area contributed by atoms with Crippen molar-refractivity contribution in [1.29, 1.82) is 0 Å². The van der Waals surface area contributed by atoms with Crippen LogP contribution in [0, 0.1) is 6.92 Å². The molecule has 1 aromatic heterocycles. The Kier molecular flexibility index (Phi) is 3.98. The van der Waals surface area contributed by atoms with Crippen LogP contribution in [0.2, 0.25) is 0 Å². The first-order chi connectivity index (χ1) is 8.71. The van der Waals surface area contributed by atoms with Gasteiger partial charge in [0.1, 0.15) is 18.0 Å². The summed E-state index contributed by atoms with van der Waals surface area (Å²) in [4.78, 5) is 8.29. The molecular formula is C12H21N5O. The van der Waals surface area contributed by atoms with E-state index in [0.717, 1.165) is 37.1 Å². The summed E-state index contributed by atoms with van der Waals surface area (Å²) in [7, 11) is 0. The second-order valence-electron chi connectivity index (χ2n) is 4.96. The smallest absolute Gasteiger partial charge is 0.148 e. The number of aliphatic hydroxyl groups excluding tert-OH is 1. The molecule has 6 nitrogen and oxygen atoms in total. The standard InChI is InChI=1S/C12H21N5O/c1-9-10(14-8-15-11(9)17-13)16-12(7-18)5-3-2-4-6-12/h8,18H,2-7,13H2,1H3,(H2,14,15,16,17). The van der Waals surface area contributed by atoms with Crippen LogP contribution in [-0.2, 0) is 0 Å². The van der Waals surface area contributed by atoms with Crippen LogP contribution in [0.1, 0.15) is 37.7 Å². The molecule has 100 valence electrons. The summed E-state index contributed by atoms with van der Waals surface area (Å²) in [6.07, 6.45) is 6.93. The van der Waals surface area contributed by atoms with E-state index in [2.05, 4.69) is 20.7 Å². The van der Waals surface area contributed by atoms with Gasteiger partial charge in [-0.3, -0.25) is 0 Å².